The van der Waals surface area contributed by atoms with E-state index >= 15 is 0 Å². The average Bonchev–Trinajstić information content (AvgIpc) is 2.01. The summed E-state index contributed by atoms with van der Waals surface area (Å²) in [5.41, 5.74) is 0.211. The molecule has 13 heavy (non-hydrogen) atoms. The van der Waals surface area contributed by atoms with Crippen molar-refractivity contribution in [3.63, 3.8) is 0 Å². The van der Waals surface area contributed by atoms with E-state index in [1.54, 1.807) is 0 Å². The highest BCUT2D eigenvalue weighted by molar-refractivity contribution is 6.76. The zero-order valence-electron chi connectivity index (χ0n) is 9.29. The first-order chi connectivity index (χ1) is 5.89. The third-order valence-electron chi connectivity index (χ3n) is 2.25. The van der Waals surface area contributed by atoms with E-state index in [1.807, 2.05) is 0 Å². The Morgan fingerprint density at radius 1 is 1.08 bits per heavy atom. The van der Waals surface area contributed by atoms with Gasteiger partial charge in [0.1, 0.15) is 0 Å². The van der Waals surface area contributed by atoms with Crippen molar-refractivity contribution in [2.24, 2.45) is 5.41 Å². The summed E-state index contributed by atoms with van der Waals surface area (Å²) >= 11 is 12.1. The topological polar surface area (TPSA) is 0 Å². The molecule has 0 aromatic heterocycles. The van der Waals surface area contributed by atoms with Crippen molar-refractivity contribution in [1.82, 2.24) is 0 Å². The first-order valence-corrected chi connectivity index (χ1v) is 9.79. The van der Waals surface area contributed by atoms with E-state index in [9.17, 15) is 0 Å². The van der Waals surface area contributed by atoms with E-state index in [4.69, 9.17) is 23.2 Å². The molecule has 0 aliphatic heterocycles. The molecule has 0 nitrogen and oxygen atoms in total. The SMILES string of the molecule is CCCC(CCl)(CCl)C[Si](C)(C)C. The fourth-order valence-corrected chi connectivity index (χ4v) is 5.74. The van der Waals surface area contributed by atoms with Crippen LogP contribution in [0.2, 0.25) is 25.7 Å². The van der Waals surface area contributed by atoms with Gasteiger partial charge in [0.05, 0.1) is 0 Å². The Bertz CT molecular complexity index is 136. The van der Waals surface area contributed by atoms with Crippen molar-refractivity contribution in [2.75, 3.05) is 11.8 Å². The number of halogens is 2. The second-order valence-electron chi connectivity index (χ2n) is 5.25. The van der Waals surface area contributed by atoms with Crippen molar-refractivity contribution in [2.45, 2.75) is 45.5 Å². The molecule has 3 heteroatoms. The van der Waals surface area contributed by atoms with Crippen LogP contribution >= 0.6 is 23.2 Å². The summed E-state index contributed by atoms with van der Waals surface area (Å²) in [6.45, 7) is 9.36. The minimum atomic E-state index is -1.04. The van der Waals surface area contributed by atoms with E-state index in [2.05, 4.69) is 26.6 Å². The molecule has 0 aromatic carbocycles. The smallest absolute Gasteiger partial charge is 0.0449 e. The molecule has 0 aromatic rings. The van der Waals surface area contributed by atoms with Gasteiger partial charge >= 0.3 is 0 Å². The largest absolute Gasteiger partial charge is 0.126 e. The van der Waals surface area contributed by atoms with Crippen LogP contribution in [-0.2, 0) is 0 Å². The van der Waals surface area contributed by atoms with Crippen LogP contribution in [0.1, 0.15) is 19.8 Å². The lowest BCUT2D eigenvalue weighted by Crippen LogP contribution is -2.35. The number of hydrogen-bond donors (Lipinski definition) is 0. The van der Waals surface area contributed by atoms with Gasteiger partial charge in [-0.25, -0.2) is 0 Å². The predicted molar refractivity (Wildman–Crippen MR) is 66.9 cm³/mol. The first kappa shape index (κ1) is 13.8. The van der Waals surface area contributed by atoms with Gasteiger partial charge in [-0.05, 0) is 17.9 Å². The molecule has 0 unspecified atom stereocenters. The number of hydrogen-bond acceptors (Lipinski definition) is 0. The standard InChI is InChI=1S/C10H22Cl2Si/c1-5-6-10(7-11,8-12)9-13(2,3)4/h5-9H2,1-4H3. The molecule has 0 saturated heterocycles. The van der Waals surface area contributed by atoms with Crippen molar-refractivity contribution in [1.29, 1.82) is 0 Å². The van der Waals surface area contributed by atoms with Crippen LogP contribution in [-0.4, -0.2) is 19.8 Å². The Hall–Kier alpha value is 0.797. The van der Waals surface area contributed by atoms with Crippen LogP contribution in [0.25, 0.3) is 0 Å². The molecule has 0 N–H and O–H groups in total. The van der Waals surface area contributed by atoms with Crippen molar-refractivity contribution in [3.8, 4) is 0 Å². The highest BCUT2D eigenvalue weighted by Crippen LogP contribution is 2.36. The van der Waals surface area contributed by atoms with Crippen LogP contribution in [0.5, 0.6) is 0 Å². The Kier molecular flexibility index (Phi) is 5.97. The summed E-state index contributed by atoms with van der Waals surface area (Å²) in [5, 5.41) is 0. The summed E-state index contributed by atoms with van der Waals surface area (Å²) in [7, 11) is -1.04. The van der Waals surface area contributed by atoms with Gasteiger partial charge in [0.2, 0.25) is 0 Å². The summed E-state index contributed by atoms with van der Waals surface area (Å²) in [5.74, 6) is 1.43. The van der Waals surface area contributed by atoms with Gasteiger partial charge in [-0.1, -0.05) is 33.0 Å². The second-order valence-corrected chi connectivity index (χ2v) is 11.3. The van der Waals surface area contributed by atoms with E-state index < -0.39 is 8.07 Å². The van der Waals surface area contributed by atoms with Crippen LogP contribution in [0.15, 0.2) is 0 Å². The molecule has 0 aliphatic rings. The zero-order chi connectivity index (χ0) is 10.5. The van der Waals surface area contributed by atoms with E-state index in [0.717, 1.165) is 0 Å². The highest BCUT2D eigenvalue weighted by Gasteiger charge is 2.33. The maximum atomic E-state index is 6.05. The summed E-state index contributed by atoms with van der Waals surface area (Å²) in [6, 6.07) is 1.25. The molecule has 0 spiro atoms. The lowest BCUT2D eigenvalue weighted by Gasteiger charge is -2.34. The quantitative estimate of drug-likeness (QED) is 0.471. The third-order valence-corrected chi connectivity index (χ3v) is 5.20. The minimum absolute atomic E-state index is 0.211. The van der Waals surface area contributed by atoms with Crippen molar-refractivity contribution in [3.05, 3.63) is 0 Å². The molecule has 0 saturated carbocycles. The lowest BCUT2D eigenvalue weighted by atomic mass is 9.90. The Labute approximate surface area is 94.0 Å². The predicted octanol–water partition coefficient (Wildman–Crippen LogP) is 4.59. The average molecular weight is 241 g/mol. The maximum absolute atomic E-state index is 6.05. The second kappa shape index (κ2) is 5.62. The Morgan fingerprint density at radius 3 is 1.77 bits per heavy atom. The first-order valence-electron chi connectivity index (χ1n) is 5.01. The normalized spacial score (nSPS) is 13.4. The third kappa shape index (κ3) is 5.29. The fraction of sp³-hybridized carbons (Fsp3) is 1.00. The van der Waals surface area contributed by atoms with Crippen LogP contribution in [0.3, 0.4) is 0 Å². The summed E-state index contributed by atoms with van der Waals surface area (Å²) in [4.78, 5) is 0. The van der Waals surface area contributed by atoms with Gasteiger partial charge < -0.3 is 0 Å². The summed E-state index contributed by atoms with van der Waals surface area (Å²) < 4.78 is 0. The molecule has 0 bridgehead atoms. The zero-order valence-corrected chi connectivity index (χ0v) is 11.8. The van der Waals surface area contributed by atoms with Gasteiger partial charge in [-0.3, -0.25) is 0 Å². The molecule has 0 fully saturated rings. The van der Waals surface area contributed by atoms with Gasteiger partial charge in [0, 0.05) is 19.8 Å². The number of rotatable bonds is 6. The van der Waals surface area contributed by atoms with Gasteiger partial charge in [-0.2, -0.15) is 0 Å². The van der Waals surface area contributed by atoms with Crippen LogP contribution < -0.4 is 0 Å². The van der Waals surface area contributed by atoms with Crippen molar-refractivity contribution >= 4 is 31.3 Å². The van der Waals surface area contributed by atoms with Gasteiger partial charge in [-0.15, -0.1) is 23.2 Å². The molecule has 0 atom stereocenters. The molecular formula is C10H22Cl2Si. The monoisotopic (exact) mass is 240 g/mol. The highest BCUT2D eigenvalue weighted by atomic mass is 35.5. The lowest BCUT2D eigenvalue weighted by molar-refractivity contribution is 0.380. The minimum Gasteiger partial charge on any atom is -0.126 e. The molecule has 0 radical (unpaired) electrons. The maximum Gasteiger partial charge on any atom is 0.0449 e. The van der Waals surface area contributed by atoms with Gasteiger partial charge in [0.15, 0.2) is 0 Å². The van der Waals surface area contributed by atoms with Crippen LogP contribution in [0.4, 0.5) is 0 Å². The fourth-order valence-electron chi connectivity index (χ4n) is 2.01. The van der Waals surface area contributed by atoms with Gasteiger partial charge in [0.25, 0.3) is 0 Å². The van der Waals surface area contributed by atoms with E-state index in [-0.39, 0.29) is 5.41 Å². The van der Waals surface area contributed by atoms with Crippen molar-refractivity contribution < 1.29 is 0 Å². The molecule has 0 heterocycles. The molecular weight excluding hydrogens is 219 g/mol. The molecule has 0 aliphatic carbocycles. The molecule has 80 valence electrons. The molecule has 0 rings (SSSR count). The van der Waals surface area contributed by atoms with E-state index in [1.165, 1.54) is 18.9 Å². The number of alkyl halides is 2. The Balaban J connectivity index is 4.38. The Morgan fingerprint density at radius 2 is 1.54 bits per heavy atom. The van der Waals surface area contributed by atoms with Crippen LogP contribution in [0, 0.1) is 5.41 Å². The van der Waals surface area contributed by atoms with E-state index in [0.29, 0.717) is 11.8 Å². The molecule has 0 amide bonds. The summed E-state index contributed by atoms with van der Waals surface area (Å²) in [6.07, 6.45) is 2.36.